The Hall–Kier alpha value is -2.74. The average molecular weight is 462 g/mol. The minimum Gasteiger partial charge on any atom is -0.280 e. The number of para-hydroxylation sites is 3. The Morgan fingerprint density at radius 1 is 0.903 bits per heavy atom. The van der Waals surface area contributed by atoms with Crippen molar-refractivity contribution in [3.63, 3.8) is 0 Å². The maximum Gasteiger partial charge on any atom is 0.242 e. The second kappa shape index (κ2) is 8.78. The lowest BCUT2D eigenvalue weighted by molar-refractivity contribution is -0.115. The molecule has 4 aromatic rings. The van der Waals surface area contributed by atoms with Crippen molar-refractivity contribution in [3.05, 3.63) is 93.9 Å². The van der Waals surface area contributed by atoms with Gasteiger partial charge in [0.1, 0.15) is 0 Å². The van der Waals surface area contributed by atoms with Gasteiger partial charge < -0.3 is 0 Å². The van der Waals surface area contributed by atoms with Gasteiger partial charge in [0.25, 0.3) is 0 Å². The van der Waals surface area contributed by atoms with Crippen LogP contribution < -0.4 is 4.90 Å². The van der Waals surface area contributed by atoms with Crippen LogP contribution in [0.15, 0.2) is 83.2 Å². The molecule has 0 unspecified atom stereocenters. The summed E-state index contributed by atoms with van der Waals surface area (Å²) in [6, 6.07) is 26.2. The Bertz CT molecular complexity index is 1250. The van der Waals surface area contributed by atoms with E-state index in [4.69, 9.17) is 12.2 Å². The van der Waals surface area contributed by atoms with Crippen molar-refractivity contribution in [1.29, 1.82) is 0 Å². The number of carbonyl (C=O) groups excluding carboxylic acids is 1. The zero-order chi connectivity index (χ0) is 21.2. The molecule has 4 nitrogen and oxygen atoms in total. The van der Waals surface area contributed by atoms with Crippen molar-refractivity contribution in [2.45, 2.75) is 17.2 Å². The van der Waals surface area contributed by atoms with Crippen molar-refractivity contribution in [1.82, 2.24) is 9.78 Å². The molecule has 0 atom stereocenters. The van der Waals surface area contributed by atoms with E-state index in [1.165, 1.54) is 34.2 Å². The van der Waals surface area contributed by atoms with Crippen LogP contribution in [0.3, 0.4) is 0 Å². The van der Waals surface area contributed by atoms with Gasteiger partial charge in [0.15, 0.2) is 8.29 Å². The molecule has 0 saturated carbocycles. The molecule has 7 heteroatoms. The van der Waals surface area contributed by atoms with Crippen molar-refractivity contribution >= 4 is 52.6 Å². The van der Waals surface area contributed by atoms with Crippen LogP contribution in [0, 0.1) is 3.95 Å². The van der Waals surface area contributed by atoms with Crippen molar-refractivity contribution in [2.75, 3.05) is 10.7 Å². The van der Waals surface area contributed by atoms with E-state index in [9.17, 15) is 4.79 Å². The molecule has 2 heterocycles. The molecule has 1 aliphatic heterocycles. The normalized spacial score (nSPS) is 12.7. The zero-order valence-electron chi connectivity index (χ0n) is 16.6. The summed E-state index contributed by atoms with van der Waals surface area (Å²) in [6.07, 6.45) is 1.85. The highest BCUT2D eigenvalue weighted by atomic mass is 32.2. The Balaban J connectivity index is 1.42. The first-order valence-corrected chi connectivity index (χ1v) is 12.2. The van der Waals surface area contributed by atoms with E-state index in [2.05, 4.69) is 17.2 Å². The third kappa shape index (κ3) is 4.08. The highest BCUT2D eigenvalue weighted by molar-refractivity contribution is 8.01. The van der Waals surface area contributed by atoms with E-state index in [-0.39, 0.29) is 5.91 Å². The van der Waals surface area contributed by atoms with Crippen LogP contribution >= 0.6 is 35.3 Å². The van der Waals surface area contributed by atoms with Crippen LogP contribution in [-0.4, -0.2) is 21.4 Å². The van der Waals surface area contributed by atoms with Crippen LogP contribution in [0.1, 0.15) is 11.1 Å². The summed E-state index contributed by atoms with van der Waals surface area (Å²) in [6.45, 7) is 0. The van der Waals surface area contributed by atoms with Crippen LogP contribution in [0.4, 0.5) is 11.4 Å². The lowest BCUT2D eigenvalue weighted by Crippen LogP contribution is -2.28. The Morgan fingerprint density at radius 2 is 1.48 bits per heavy atom. The minimum absolute atomic E-state index is 0.0409. The van der Waals surface area contributed by atoms with E-state index < -0.39 is 0 Å². The summed E-state index contributed by atoms with van der Waals surface area (Å²) in [5, 5.41) is 4.63. The molecule has 1 aliphatic rings. The van der Waals surface area contributed by atoms with Gasteiger partial charge in [0, 0.05) is 0 Å². The number of carbonyl (C=O) groups is 1. The second-order valence-electron chi connectivity index (χ2n) is 7.16. The minimum atomic E-state index is 0.0409. The molecule has 0 saturated heterocycles. The molecule has 3 aromatic carbocycles. The van der Waals surface area contributed by atoms with Gasteiger partial charge in [-0.3, -0.25) is 9.69 Å². The van der Waals surface area contributed by atoms with Crippen LogP contribution in [0.2, 0.25) is 0 Å². The highest BCUT2D eigenvalue weighted by Gasteiger charge is 2.25. The topological polar surface area (TPSA) is 38.1 Å². The molecule has 0 spiro atoms. The molecule has 1 amide bonds. The summed E-state index contributed by atoms with van der Waals surface area (Å²) in [4.78, 5) is 15.3. The van der Waals surface area contributed by atoms with Crippen molar-refractivity contribution in [3.8, 4) is 5.69 Å². The largest absolute Gasteiger partial charge is 0.280 e. The Morgan fingerprint density at radius 3 is 2.13 bits per heavy atom. The van der Waals surface area contributed by atoms with Crippen LogP contribution in [0.5, 0.6) is 0 Å². The fourth-order valence-corrected chi connectivity index (χ4v) is 6.00. The molecule has 154 valence electrons. The van der Waals surface area contributed by atoms with E-state index in [1.54, 1.807) is 4.68 Å². The fraction of sp³-hybridized carbons (Fsp3) is 0.125. The summed E-state index contributed by atoms with van der Waals surface area (Å²) >= 11 is 8.36. The maximum absolute atomic E-state index is 13.5. The number of anilines is 2. The van der Waals surface area contributed by atoms with Crippen LogP contribution in [0.25, 0.3) is 5.69 Å². The molecule has 0 bridgehead atoms. The number of nitrogens with zero attached hydrogens (tertiary/aromatic N) is 3. The van der Waals surface area contributed by atoms with Gasteiger partial charge in [-0.25, -0.2) is 4.68 Å². The van der Waals surface area contributed by atoms with Gasteiger partial charge in [-0.05, 0) is 60.5 Å². The predicted octanol–water partition coefficient (Wildman–Crippen LogP) is 6.22. The number of aryl methyl sites for hydroxylation is 2. The van der Waals surface area contributed by atoms with E-state index in [0.717, 1.165) is 34.2 Å². The lowest BCUT2D eigenvalue weighted by Gasteiger charge is -2.24. The molecule has 1 aromatic heterocycles. The molecule has 0 N–H and O–H groups in total. The molecule has 0 radical (unpaired) electrons. The number of hydrogen-bond acceptors (Lipinski definition) is 5. The fourth-order valence-electron chi connectivity index (χ4n) is 3.79. The van der Waals surface area contributed by atoms with Gasteiger partial charge in [-0.2, -0.15) is 0 Å². The number of hydrogen-bond donors (Lipinski definition) is 0. The van der Waals surface area contributed by atoms with Crippen molar-refractivity contribution in [2.24, 2.45) is 0 Å². The smallest absolute Gasteiger partial charge is 0.242 e. The Kier molecular flexibility index (Phi) is 5.72. The van der Waals surface area contributed by atoms with Gasteiger partial charge >= 0.3 is 0 Å². The molecule has 5 rings (SSSR count). The third-order valence-corrected chi connectivity index (χ3v) is 7.58. The number of rotatable bonds is 4. The van der Waals surface area contributed by atoms with E-state index in [1.807, 2.05) is 71.6 Å². The average Bonchev–Trinajstić information content (AvgIpc) is 3.09. The highest BCUT2D eigenvalue weighted by Crippen LogP contribution is 2.37. The summed E-state index contributed by atoms with van der Waals surface area (Å²) in [5.41, 5.74) is 5.26. The van der Waals surface area contributed by atoms with Gasteiger partial charge in [0.05, 0.1) is 22.8 Å². The Labute approximate surface area is 194 Å². The third-order valence-electron chi connectivity index (χ3n) is 5.23. The number of fused-ring (bicyclic) bond motifs is 2. The predicted molar refractivity (Wildman–Crippen MR) is 130 cm³/mol. The second-order valence-corrected chi connectivity index (χ2v) is 10.0. The van der Waals surface area contributed by atoms with Gasteiger partial charge in [-0.15, -0.1) is 5.10 Å². The van der Waals surface area contributed by atoms with E-state index in [0.29, 0.717) is 9.71 Å². The van der Waals surface area contributed by atoms with E-state index >= 15 is 0 Å². The first-order valence-electron chi connectivity index (χ1n) is 9.98. The molecular weight excluding hydrogens is 442 g/mol. The molecule has 31 heavy (non-hydrogen) atoms. The monoisotopic (exact) mass is 461 g/mol. The lowest BCUT2D eigenvalue weighted by atomic mass is 10.0. The number of benzene rings is 3. The first kappa shape index (κ1) is 20.2. The maximum atomic E-state index is 13.5. The zero-order valence-corrected chi connectivity index (χ0v) is 19.1. The SMILES string of the molecule is O=C(CSc1nn(-c2ccccc2)c(=S)s1)N1c2ccccc2CCc2ccccc21. The summed E-state index contributed by atoms with van der Waals surface area (Å²) in [5.74, 6) is 0.332. The van der Waals surface area contributed by atoms with Crippen LogP contribution in [-0.2, 0) is 17.6 Å². The van der Waals surface area contributed by atoms with Crippen molar-refractivity contribution < 1.29 is 4.79 Å². The number of aromatic nitrogens is 2. The summed E-state index contributed by atoms with van der Waals surface area (Å²) < 4.78 is 3.22. The number of thioether (sulfide) groups is 1. The molecule has 0 fully saturated rings. The standard InChI is InChI=1S/C24H19N3OS3/c28-22(16-30-23-25-27(24(29)31-23)19-10-2-1-3-11-19)26-20-12-6-4-8-17(20)14-15-18-9-5-7-13-21(18)26/h1-13H,14-16H2. The quantitative estimate of drug-likeness (QED) is 0.267. The molecule has 0 aliphatic carbocycles. The number of amides is 1. The summed E-state index contributed by atoms with van der Waals surface area (Å²) in [7, 11) is 0. The van der Waals surface area contributed by atoms with Gasteiger partial charge in [-0.1, -0.05) is 77.7 Å². The first-order chi connectivity index (χ1) is 15.2. The van der Waals surface area contributed by atoms with Gasteiger partial charge in [0.2, 0.25) is 5.91 Å². The molecular formula is C24H19N3OS3.